The third-order valence-corrected chi connectivity index (χ3v) is 8.16. The minimum absolute atomic E-state index is 0.192. The Balaban J connectivity index is 1.12. The molecule has 0 bridgehead atoms. The summed E-state index contributed by atoms with van der Waals surface area (Å²) in [6.07, 6.45) is 10.3. The van der Waals surface area contributed by atoms with Crippen LogP contribution in [-0.4, -0.2) is 74.4 Å². The maximum atomic E-state index is 12.5. The molecular weight excluding hydrogens is 444 g/mol. The standard InChI is InChI=1S/C25H38O9/c26-18(30-19-9-3-8-14-27-19)16-28-21-20(17-15-29-24(32-17)10-4-1-5-11-24)31-23-22(21)33-25(34-23)12-6-2-7-13-25/h17,19-23H,1-16H2/t17?,19?,20-,21+,22-,23-/m1/s1. The highest BCUT2D eigenvalue weighted by Crippen LogP contribution is 2.48. The lowest BCUT2D eigenvalue weighted by Gasteiger charge is -2.35. The molecule has 6 aliphatic rings. The van der Waals surface area contributed by atoms with Crippen LogP contribution in [0.2, 0.25) is 0 Å². The van der Waals surface area contributed by atoms with Gasteiger partial charge in [-0.25, -0.2) is 4.79 Å². The number of carbonyl (C=O) groups is 1. The predicted molar refractivity (Wildman–Crippen MR) is 116 cm³/mol. The Morgan fingerprint density at radius 3 is 2.32 bits per heavy atom. The van der Waals surface area contributed by atoms with Crippen molar-refractivity contribution in [3.8, 4) is 0 Å². The van der Waals surface area contributed by atoms with Crippen LogP contribution in [0.5, 0.6) is 0 Å². The van der Waals surface area contributed by atoms with E-state index < -0.39 is 48.4 Å². The van der Waals surface area contributed by atoms with E-state index in [9.17, 15) is 4.79 Å². The van der Waals surface area contributed by atoms with Gasteiger partial charge < -0.3 is 37.9 Å². The second kappa shape index (κ2) is 9.92. The van der Waals surface area contributed by atoms with Crippen molar-refractivity contribution in [1.29, 1.82) is 0 Å². The van der Waals surface area contributed by atoms with E-state index in [1.165, 1.54) is 12.8 Å². The predicted octanol–water partition coefficient (Wildman–Crippen LogP) is 3.32. The van der Waals surface area contributed by atoms with Crippen molar-refractivity contribution in [2.75, 3.05) is 19.8 Å². The molecule has 0 aromatic heterocycles. The summed E-state index contributed by atoms with van der Waals surface area (Å²) in [6.45, 7) is 0.868. The molecule has 2 spiro atoms. The highest BCUT2D eigenvalue weighted by Gasteiger charge is 2.61. The summed E-state index contributed by atoms with van der Waals surface area (Å²) in [5.74, 6) is -1.56. The first-order valence-electron chi connectivity index (χ1n) is 13.4. The van der Waals surface area contributed by atoms with E-state index in [0.29, 0.717) is 13.2 Å². The van der Waals surface area contributed by atoms with Gasteiger partial charge in [-0.1, -0.05) is 12.8 Å². The molecule has 4 heterocycles. The van der Waals surface area contributed by atoms with Crippen LogP contribution in [0.15, 0.2) is 0 Å². The fourth-order valence-corrected chi connectivity index (χ4v) is 6.41. The molecule has 2 saturated carbocycles. The summed E-state index contributed by atoms with van der Waals surface area (Å²) in [5.41, 5.74) is 0. The van der Waals surface area contributed by atoms with E-state index in [0.717, 1.165) is 70.6 Å². The van der Waals surface area contributed by atoms with Crippen LogP contribution < -0.4 is 0 Å². The van der Waals surface area contributed by atoms with Gasteiger partial charge in [0, 0.05) is 32.1 Å². The Hall–Kier alpha value is -0.810. The molecule has 0 N–H and O–H groups in total. The Kier molecular flexibility index (Phi) is 6.88. The van der Waals surface area contributed by atoms with Crippen LogP contribution in [0.1, 0.15) is 83.5 Å². The van der Waals surface area contributed by atoms with Crippen LogP contribution in [0.25, 0.3) is 0 Å². The molecule has 2 unspecified atom stereocenters. The quantitative estimate of drug-likeness (QED) is 0.547. The molecule has 0 aromatic rings. The molecule has 9 nitrogen and oxygen atoms in total. The zero-order valence-corrected chi connectivity index (χ0v) is 20.0. The maximum absolute atomic E-state index is 12.5. The molecule has 4 saturated heterocycles. The van der Waals surface area contributed by atoms with Gasteiger partial charge in [-0.2, -0.15) is 0 Å². The van der Waals surface area contributed by atoms with E-state index in [1.54, 1.807) is 0 Å². The molecule has 6 rings (SSSR count). The summed E-state index contributed by atoms with van der Waals surface area (Å²) in [5, 5.41) is 0. The number of fused-ring (bicyclic) bond motifs is 1. The Morgan fingerprint density at radius 1 is 0.824 bits per heavy atom. The molecule has 9 heteroatoms. The van der Waals surface area contributed by atoms with Crippen LogP contribution in [-0.2, 0) is 42.7 Å². The first kappa shape index (κ1) is 23.6. The lowest BCUT2D eigenvalue weighted by atomic mass is 9.94. The zero-order valence-electron chi connectivity index (χ0n) is 20.0. The number of hydrogen-bond donors (Lipinski definition) is 0. The average Bonchev–Trinajstić information content (AvgIpc) is 3.51. The fraction of sp³-hybridized carbons (Fsp3) is 0.960. The number of esters is 1. The lowest BCUT2D eigenvalue weighted by molar-refractivity contribution is -0.263. The SMILES string of the molecule is O=C(CO[C@@H]1[C@H]2OC3(CCCCC3)O[C@H]2O[C@@H]1C1COC2(CCCCC2)O1)OC1CCCCO1. The van der Waals surface area contributed by atoms with Crippen molar-refractivity contribution in [3.05, 3.63) is 0 Å². The van der Waals surface area contributed by atoms with Gasteiger partial charge in [-0.15, -0.1) is 0 Å². The molecule has 192 valence electrons. The van der Waals surface area contributed by atoms with Gasteiger partial charge in [0.2, 0.25) is 6.29 Å². The average molecular weight is 483 g/mol. The lowest BCUT2D eigenvalue weighted by Crippen LogP contribution is -2.46. The van der Waals surface area contributed by atoms with Crippen molar-refractivity contribution >= 4 is 5.97 Å². The third-order valence-electron chi connectivity index (χ3n) is 8.16. The molecular formula is C25H38O9. The molecule has 0 amide bonds. The van der Waals surface area contributed by atoms with Crippen LogP contribution >= 0.6 is 0 Å². The van der Waals surface area contributed by atoms with E-state index in [-0.39, 0.29) is 12.7 Å². The Bertz CT molecular complexity index is 711. The maximum Gasteiger partial charge on any atom is 0.334 e. The fourth-order valence-electron chi connectivity index (χ4n) is 6.41. The second-order valence-corrected chi connectivity index (χ2v) is 10.6. The molecule has 34 heavy (non-hydrogen) atoms. The first-order valence-corrected chi connectivity index (χ1v) is 13.4. The molecule has 2 aliphatic carbocycles. The van der Waals surface area contributed by atoms with Gasteiger partial charge in [0.1, 0.15) is 31.0 Å². The zero-order chi connectivity index (χ0) is 23.0. The summed E-state index contributed by atoms with van der Waals surface area (Å²) in [6, 6.07) is 0. The van der Waals surface area contributed by atoms with Crippen molar-refractivity contribution in [2.24, 2.45) is 0 Å². The monoisotopic (exact) mass is 482 g/mol. The van der Waals surface area contributed by atoms with Crippen LogP contribution in [0, 0.1) is 0 Å². The normalized spacial score (nSPS) is 41.1. The molecule has 0 aromatic carbocycles. The van der Waals surface area contributed by atoms with Gasteiger partial charge in [0.25, 0.3) is 0 Å². The summed E-state index contributed by atoms with van der Waals surface area (Å²) < 4.78 is 49.0. The highest BCUT2D eigenvalue weighted by atomic mass is 16.9. The topological polar surface area (TPSA) is 90.9 Å². The van der Waals surface area contributed by atoms with Gasteiger partial charge >= 0.3 is 5.97 Å². The molecule has 6 atom stereocenters. The van der Waals surface area contributed by atoms with E-state index in [4.69, 9.17) is 37.9 Å². The Morgan fingerprint density at radius 2 is 1.59 bits per heavy atom. The van der Waals surface area contributed by atoms with Gasteiger partial charge in [0.05, 0.1) is 13.2 Å². The molecule has 4 aliphatic heterocycles. The largest absolute Gasteiger partial charge is 0.434 e. The van der Waals surface area contributed by atoms with Crippen molar-refractivity contribution in [3.63, 3.8) is 0 Å². The third kappa shape index (κ3) is 4.77. The minimum Gasteiger partial charge on any atom is -0.434 e. The number of carbonyl (C=O) groups excluding carboxylic acids is 1. The van der Waals surface area contributed by atoms with Crippen molar-refractivity contribution < 1.29 is 42.7 Å². The smallest absolute Gasteiger partial charge is 0.334 e. The van der Waals surface area contributed by atoms with E-state index >= 15 is 0 Å². The van der Waals surface area contributed by atoms with Gasteiger partial charge in [0.15, 0.2) is 17.9 Å². The van der Waals surface area contributed by atoms with Crippen molar-refractivity contribution in [1.82, 2.24) is 0 Å². The van der Waals surface area contributed by atoms with E-state index in [2.05, 4.69) is 0 Å². The minimum atomic E-state index is -0.603. The highest BCUT2D eigenvalue weighted by molar-refractivity contribution is 5.70. The summed E-state index contributed by atoms with van der Waals surface area (Å²) in [4.78, 5) is 12.5. The second-order valence-electron chi connectivity index (χ2n) is 10.6. The number of rotatable bonds is 5. The van der Waals surface area contributed by atoms with Gasteiger partial charge in [-0.05, 0) is 38.5 Å². The van der Waals surface area contributed by atoms with Crippen molar-refractivity contribution in [2.45, 2.75) is 132 Å². The molecule has 6 fully saturated rings. The van der Waals surface area contributed by atoms with Gasteiger partial charge in [-0.3, -0.25) is 0 Å². The molecule has 0 radical (unpaired) electrons. The first-order chi connectivity index (χ1) is 16.6. The number of ether oxygens (including phenoxy) is 8. The summed E-state index contributed by atoms with van der Waals surface area (Å²) in [7, 11) is 0. The van der Waals surface area contributed by atoms with Crippen LogP contribution in [0.3, 0.4) is 0 Å². The Labute approximate surface area is 201 Å². The van der Waals surface area contributed by atoms with E-state index in [1.807, 2.05) is 0 Å². The van der Waals surface area contributed by atoms with Crippen LogP contribution in [0.4, 0.5) is 0 Å². The number of hydrogen-bond acceptors (Lipinski definition) is 9. The summed E-state index contributed by atoms with van der Waals surface area (Å²) >= 11 is 0.